The first-order valence-electron chi connectivity index (χ1n) is 4.56. The van der Waals surface area contributed by atoms with E-state index in [1.807, 2.05) is 0 Å². The van der Waals surface area contributed by atoms with Crippen molar-refractivity contribution in [1.82, 2.24) is 10.2 Å². The highest BCUT2D eigenvalue weighted by Crippen LogP contribution is 2.14. The average Bonchev–Trinajstić information content (AvgIpc) is 2.70. The number of ether oxygens (including phenoxy) is 1. The van der Waals surface area contributed by atoms with Crippen LogP contribution in [0, 0.1) is 0 Å². The molecule has 1 heterocycles. The van der Waals surface area contributed by atoms with E-state index >= 15 is 0 Å². The summed E-state index contributed by atoms with van der Waals surface area (Å²) in [6, 6.07) is 4.61. The van der Waals surface area contributed by atoms with Crippen LogP contribution in [0.3, 0.4) is 0 Å². The second kappa shape index (κ2) is 3.95. The van der Waals surface area contributed by atoms with Gasteiger partial charge in [-0.2, -0.15) is 5.10 Å². The van der Waals surface area contributed by atoms with E-state index in [-0.39, 0.29) is 5.69 Å². The maximum Gasteiger partial charge on any atom is 0.488 e. The minimum absolute atomic E-state index is 0.177. The van der Waals surface area contributed by atoms with Gasteiger partial charge in [-0.1, -0.05) is 12.1 Å². The lowest BCUT2D eigenvalue weighted by Crippen LogP contribution is -2.29. The van der Waals surface area contributed by atoms with Crippen LogP contribution in [0.1, 0.15) is 10.5 Å². The third-order valence-corrected chi connectivity index (χ3v) is 2.26. The molecule has 7 heteroatoms. The fraction of sp³-hybridized carbons (Fsp3) is 0.111. The van der Waals surface area contributed by atoms with Crippen LogP contribution in [-0.4, -0.2) is 40.4 Å². The molecule has 0 spiro atoms. The van der Waals surface area contributed by atoms with Gasteiger partial charge in [0.05, 0.1) is 12.6 Å². The van der Waals surface area contributed by atoms with Gasteiger partial charge in [0, 0.05) is 5.39 Å². The number of nitrogens with zero attached hydrogens (tertiary/aromatic N) is 1. The number of nitrogens with one attached hydrogen (secondary N) is 1. The highest BCUT2D eigenvalue weighted by Gasteiger charge is 2.17. The molecule has 0 unspecified atom stereocenters. The van der Waals surface area contributed by atoms with Crippen LogP contribution in [0.15, 0.2) is 18.2 Å². The quantitative estimate of drug-likeness (QED) is 0.447. The Morgan fingerprint density at radius 2 is 2.25 bits per heavy atom. The molecule has 0 saturated heterocycles. The number of aromatic nitrogens is 2. The topological polar surface area (TPSA) is 95.4 Å². The molecule has 2 rings (SSSR count). The summed E-state index contributed by atoms with van der Waals surface area (Å²) in [7, 11) is -0.274. The van der Waals surface area contributed by atoms with E-state index in [9.17, 15) is 4.79 Å². The summed E-state index contributed by atoms with van der Waals surface area (Å²) in [5, 5.41) is 25.0. The van der Waals surface area contributed by atoms with Crippen molar-refractivity contribution in [3.05, 3.63) is 23.9 Å². The summed E-state index contributed by atoms with van der Waals surface area (Å²) in [5.74, 6) is -0.538. The van der Waals surface area contributed by atoms with Gasteiger partial charge in [-0.3, -0.25) is 5.10 Å². The van der Waals surface area contributed by atoms with Crippen LogP contribution >= 0.6 is 0 Å². The number of fused-ring (bicyclic) bond motifs is 1. The van der Waals surface area contributed by atoms with Crippen LogP contribution in [0.2, 0.25) is 0 Å². The summed E-state index contributed by atoms with van der Waals surface area (Å²) in [5.41, 5.74) is 1.05. The zero-order chi connectivity index (χ0) is 11.7. The molecule has 0 aliphatic carbocycles. The number of carbonyl (C=O) groups excluding carboxylic acids is 1. The largest absolute Gasteiger partial charge is 0.488 e. The van der Waals surface area contributed by atoms with E-state index in [1.165, 1.54) is 19.2 Å². The molecule has 82 valence electrons. The van der Waals surface area contributed by atoms with Crippen molar-refractivity contribution >= 4 is 29.5 Å². The fourth-order valence-electron chi connectivity index (χ4n) is 1.45. The molecular formula is C9H9BN2O4. The minimum atomic E-state index is -1.55. The van der Waals surface area contributed by atoms with Gasteiger partial charge in [0.25, 0.3) is 0 Å². The molecule has 0 radical (unpaired) electrons. The van der Waals surface area contributed by atoms with Gasteiger partial charge in [-0.25, -0.2) is 4.79 Å². The first kappa shape index (κ1) is 10.7. The lowest BCUT2D eigenvalue weighted by atomic mass is 9.80. The van der Waals surface area contributed by atoms with Crippen molar-refractivity contribution in [2.24, 2.45) is 0 Å². The Morgan fingerprint density at radius 1 is 1.50 bits per heavy atom. The lowest BCUT2D eigenvalue weighted by molar-refractivity contribution is 0.0596. The Kier molecular flexibility index (Phi) is 2.63. The average molecular weight is 220 g/mol. The summed E-state index contributed by atoms with van der Waals surface area (Å²) < 4.78 is 4.56. The molecule has 6 nitrogen and oxygen atoms in total. The second-order valence-corrected chi connectivity index (χ2v) is 3.24. The molecule has 0 atom stereocenters. The van der Waals surface area contributed by atoms with Crippen molar-refractivity contribution in [1.29, 1.82) is 0 Å². The van der Waals surface area contributed by atoms with E-state index in [4.69, 9.17) is 10.0 Å². The Morgan fingerprint density at radius 3 is 2.88 bits per heavy atom. The molecule has 0 amide bonds. The molecule has 1 aromatic carbocycles. The monoisotopic (exact) mass is 220 g/mol. The van der Waals surface area contributed by atoms with Gasteiger partial charge in [-0.05, 0) is 11.5 Å². The van der Waals surface area contributed by atoms with Gasteiger partial charge in [0.15, 0.2) is 5.69 Å². The van der Waals surface area contributed by atoms with Crippen LogP contribution in [0.5, 0.6) is 0 Å². The summed E-state index contributed by atoms with van der Waals surface area (Å²) in [6.45, 7) is 0. The van der Waals surface area contributed by atoms with Crippen molar-refractivity contribution in [2.45, 2.75) is 0 Å². The smallest absolute Gasteiger partial charge is 0.464 e. The maximum atomic E-state index is 11.3. The molecule has 16 heavy (non-hydrogen) atoms. The van der Waals surface area contributed by atoms with Crippen LogP contribution in [0.4, 0.5) is 0 Å². The molecule has 0 saturated carbocycles. The predicted octanol–water partition coefficient (Wildman–Crippen LogP) is -0.971. The lowest BCUT2D eigenvalue weighted by Gasteiger charge is -1.99. The zero-order valence-corrected chi connectivity index (χ0v) is 8.47. The first-order chi connectivity index (χ1) is 7.63. The number of hydrogen-bond donors (Lipinski definition) is 3. The minimum Gasteiger partial charge on any atom is -0.464 e. The van der Waals surface area contributed by atoms with Gasteiger partial charge in [0.1, 0.15) is 0 Å². The van der Waals surface area contributed by atoms with E-state index in [2.05, 4.69) is 14.9 Å². The van der Waals surface area contributed by atoms with Crippen molar-refractivity contribution in [2.75, 3.05) is 7.11 Å². The molecule has 1 aromatic heterocycles. The van der Waals surface area contributed by atoms with Crippen molar-refractivity contribution in [3.8, 4) is 0 Å². The van der Waals surface area contributed by atoms with E-state index in [0.717, 1.165) is 0 Å². The molecule has 3 N–H and O–H groups in total. The molecule has 0 aliphatic rings. The third kappa shape index (κ3) is 1.66. The number of hydrogen-bond acceptors (Lipinski definition) is 5. The number of benzene rings is 1. The molecule has 0 fully saturated rings. The fourth-order valence-corrected chi connectivity index (χ4v) is 1.45. The summed E-state index contributed by atoms with van der Waals surface area (Å²) >= 11 is 0. The zero-order valence-electron chi connectivity index (χ0n) is 8.47. The normalized spacial score (nSPS) is 10.4. The van der Waals surface area contributed by atoms with Gasteiger partial charge in [0.2, 0.25) is 0 Å². The third-order valence-electron chi connectivity index (χ3n) is 2.26. The first-order valence-corrected chi connectivity index (χ1v) is 4.56. The molecule has 2 aromatic rings. The summed E-state index contributed by atoms with van der Waals surface area (Å²) in [6.07, 6.45) is 0. The standard InChI is InChI=1S/C9H9BN2O4/c1-16-9(13)8-6-3-2-5(10(14)15)4-7(6)11-12-8/h2-4,14-15H,1H3,(H,11,12). The SMILES string of the molecule is COC(=O)c1n[nH]c2cc(B(O)O)ccc12. The Bertz CT molecular complexity index is 537. The number of carbonyl (C=O) groups is 1. The number of aromatic amines is 1. The highest BCUT2D eigenvalue weighted by molar-refractivity contribution is 6.58. The van der Waals surface area contributed by atoms with Crippen LogP contribution in [0.25, 0.3) is 10.9 Å². The highest BCUT2D eigenvalue weighted by atomic mass is 16.5. The predicted molar refractivity (Wildman–Crippen MR) is 57.3 cm³/mol. The van der Waals surface area contributed by atoms with Crippen LogP contribution in [-0.2, 0) is 4.74 Å². The Labute approximate surface area is 91.0 Å². The van der Waals surface area contributed by atoms with E-state index < -0.39 is 13.1 Å². The van der Waals surface area contributed by atoms with Gasteiger partial charge < -0.3 is 14.8 Å². The Hall–Kier alpha value is -1.86. The van der Waals surface area contributed by atoms with Gasteiger partial charge >= 0.3 is 13.1 Å². The summed E-state index contributed by atoms with van der Waals surface area (Å²) in [4.78, 5) is 11.3. The van der Waals surface area contributed by atoms with Crippen molar-refractivity contribution < 1.29 is 19.6 Å². The number of H-pyrrole nitrogens is 1. The number of rotatable bonds is 2. The number of esters is 1. The maximum absolute atomic E-state index is 11.3. The van der Waals surface area contributed by atoms with Gasteiger partial charge in [-0.15, -0.1) is 0 Å². The Balaban J connectivity index is 2.54. The second-order valence-electron chi connectivity index (χ2n) is 3.24. The van der Waals surface area contributed by atoms with Crippen molar-refractivity contribution in [3.63, 3.8) is 0 Å². The molecular weight excluding hydrogens is 211 g/mol. The van der Waals surface area contributed by atoms with E-state index in [1.54, 1.807) is 6.07 Å². The molecule has 0 bridgehead atoms. The number of methoxy groups -OCH3 is 1. The molecule has 0 aliphatic heterocycles. The van der Waals surface area contributed by atoms with E-state index in [0.29, 0.717) is 16.4 Å². The van der Waals surface area contributed by atoms with Crippen LogP contribution < -0.4 is 5.46 Å².